The van der Waals surface area contributed by atoms with E-state index in [9.17, 15) is 0 Å². The van der Waals surface area contributed by atoms with Crippen LogP contribution in [0.3, 0.4) is 0 Å². The van der Waals surface area contributed by atoms with Gasteiger partial charge in [0.1, 0.15) is 0 Å². The Balaban J connectivity index is 0.00000331. The van der Waals surface area contributed by atoms with Gasteiger partial charge in [-0.3, -0.25) is 0 Å². The van der Waals surface area contributed by atoms with Crippen molar-refractivity contribution < 1.29 is 17.1 Å². The van der Waals surface area contributed by atoms with Crippen molar-refractivity contribution in [3.05, 3.63) is 178 Å². The second-order valence-corrected chi connectivity index (χ2v) is 13.3. The van der Waals surface area contributed by atoms with Crippen molar-refractivity contribution in [2.45, 2.75) is 0 Å². The minimum absolute atomic E-state index is 0. The smallest absolute Gasteiger partial charge is 0.164 e. The third-order valence-corrected chi connectivity index (χ3v) is 10.2. The summed E-state index contributed by atoms with van der Waals surface area (Å²) >= 11 is 0. The molecule has 0 spiro atoms. The Morgan fingerprint density at radius 1 is 0.208 bits per heavy atom. The number of rotatable bonds is 0. The third-order valence-electron chi connectivity index (χ3n) is 10.2. The van der Waals surface area contributed by atoms with E-state index < -0.39 is 0 Å². The standard InChI is InChI=1S/C44H22N8.Mn/c1-2-10-24-18-26-20-28-22-36-35(21-27(28)19-25(26)17-23(24)9-1)43-50-41-33-15-7-5-13-31(33)39(48-41)46-37-29-11-3-4-12-30(29)38(45-37)47-40-32-14-6-8-16-34(32)42(49-40)51-44(36)52-43;/h1-22H;. The van der Waals surface area contributed by atoms with Gasteiger partial charge in [-0.15, -0.1) is 0 Å². The Hall–Kier alpha value is -6.80. The number of fused-ring (bicyclic) bond motifs is 19. The average Bonchev–Trinajstić information content (AvgIpc) is 3.91. The first kappa shape index (κ1) is 29.9. The van der Waals surface area contributed by atoms with E-state index >= 15 is 0 Å². The Kier molecular flexibility index (Phi) is 6.26. The Bertz CT molecular complexity index is 3120. The molecule has 0 atom stereocenters. The summed E-state index contributed by atoms with van der Waals surface area (Å²) in [5.41, 5.74) is 7.07. The molecule has 53 heavy (non-hydrogen) atoms. The summed E-state index contributed by atoms with van der Waals surface area (Å²) in [5, 5.41) is 6.96. The number of aliphatic imine (C=N–C) groups is 8. The van der Waals surface area contributed by atoms with Crippen molar-refractivity contribution in [2.75, 3.05) is 0 Å². The van der Waals surface area contributed by atoms with Crippen molar-refractivity contribution in [3.63, 3.8) is 0 Å². The van der Waals surface area contributed by atoms with Crippen molar-refractivity contribution in [1.29, 1.82) is 0 Å². The summed E-state index contributed by atoms with van der Waals surface area (Å²) in [7, 11) is 0. The molecule has 5 aliphatic rings. The van der Waals surface area contributed by atoms with Gasteiger partial charge >= 0.3 is 0 Å². The zero-order chi connectivity index (χ0) is 33.9. The van der Waals surface area contributed by atoms with Crippen LogP contribution in [0.25, 0.3) is 32.3 Å². The van der Waals surface area contributed by atoms with Crippen LogP contribution in [-0.4, -0.2) is 46.7 Å². The zero-order valence-electron chi connectivity index (χ0n) is 27.7. The predicted octanol–water partition coefficient (Wildman–Crippen LogP) is 8.29. The van der Waals surface area contributed by atoms with Crippen LogP contribution in [0.1, 0.15) is 44.5 Å². The van der Waals surface area contributed by atoms with Gasteiger partial charge in [0.15, 0.2) is 46.7 Å². The molecule has 7 aromatic rings. The number of benzene rings is 7. The van der Waals surface area contributed by atoms with E-state index in [0.717, 1.165) is 55.3 Å². The minimum Gasteiger partial charge on any atom is -0.208 e. The Morgan fingerprint density at radius 3 is 0.698 bits per heavy atom. The van der Waals surface area contributed by atoms with E-state index in [1.807, 2.05) is 72.8 Å². The molecule has 0 aliphatic carbocycles. The minimum atomic E-state index is 0. The Morgan fingerprint density at radius 2 is 0.415 bits per heavy atom. The Labute approximate surface area is 312 Å². The average molecular weight is 718 g/mol. The first-order valence-corrected chi connectivity index (χ1v) is 17.1. The molecule has 5 aliphatic heterocycles. The fourth-order valence-corrected chi connectivity index (χ4v) is 7.70. The van der Waals surface area contributed by atoms with Crippen LogP contribution >= 0.6 is 0 Å². The fourth-order valence-electron chi connectivity index (χ4n) is 7.70. The third kappa shape index (κ3) is 4.48. The van der Waals surface area contributed by atoms with Gasteiger partial charge in [-0.25, -0.2) is 39.9 Å². The number of nitrogens with zero attached hydrogens (tertiary/aromatic N) is 8. The van der Waals surface area contributed by atoms with Crippen molar-refractivity contribution >= 4 is 79.0 Å². The van der Waals surface area contributed by atoms with Gasteiger partial charge in [0.2, 0.25) is 0 Å². The van der Waals surface area contributed by atoms with E-state index in [1.165, 1.54) is 21.5 Å². The largest absolute Gasteiger partial charge is 0.208 e. The second kappa shape index (κ2) is 11.1. The maximum atomic E-state index is 5.16. The molecule has 9 heteroatoms. The van der Waals surface area contributed by atoms with Crippen LogP contribution in [0.15, 0.2) is 173 Å². The van der Waals surface area contributed by atoms with E-state index in [0.29, 0.717) is 46.7 Å². The van der Waals surface area contributed by atoms with Gasteiger partial charge in [-0.2, -0.15) is 0 Å². The number of hydrogen-bond donors (Lipinski definition) is 0. The molecular formula is C44H22MnN8. The number of amidine groups is 8. The quantitative estimate of drug-likeness (QED) is 0.112. The van der Waals surface area contributed by atoms with Gasteiger partial charge in [0.05, 0.1) is 0 Å². The SMILES string of the molecule is [Mn].c1ccc2c(c1)C1=NC2=NC2=NC(=NC3=NC(=NC4=NC(=N1)c1ccccc14)c1cc4cc5cc6ccccc6cc5cc4cc13)c1ccccc12. The van der Waals surface area contributed by atoms with Gasteiger partial charge in [-0.05, 0) is 68.7 Å². The molecule has 0 unspecified atom stereocenters. The van der Waals surface area contributed by atoms with E-state index in [-0.39, 0.29) is 17.1 Å². The number of hydrogen-bond acceptors (Lipinski definition) is 8. The normalized spacial score (nSPS) is 15.9. The summed E-state index contributed by atoms with van der Waals surface area (Å²) in [6.45, 7) is 0. The molecule has 245 valence electrons. The molecule has 8 bridgehead atoms. The van der Waals surface area contributed by atoms with Crippen LogP contribution < -0.4 is 0 Å². The van der Waals surface area contributed by atoms with E-state index in [4.69, 9.17) is 39.9 Å². The van der Waals surface area contributed by atoms with E-state index in [2.05, 4.69) is 60.7 Å². The molecule has 5 heterocycles. The summed E-state index contributed by atoms with van der Waals surface area (Å²) in [6.07, 6.45) is 0. The zero-order valence-corrected chi connectivity index (χ0v) is 28.8. The van der Waals surface area contributed by atoms with Gasteiger partial charge in [0, 0.05) is 61.6 Å². The molecule has 0 amide bonds. The fraction of sp³-hybridized carbons (Fsp3) is 0. The molecule has 0 fully saturated rings. The van der Waals surface area contributed by atoms with Crippen LogP contribution in [0.4, 0.5) is 0 Å². The van der Waals surface area contributed by atoms with Crippen LogP contribution in [0, 0.1) is 0 Å². The molecule has 7 aromatic carbocycles. The van der Waals surface area contributed by atoms with Crippen LogP contribution in [-0.2, 0) is 17.1 Å². The molecule has 0 aromatic heterocycles. The molecular weight excluding hydrogens is 695 g/mol. The summed E-state index contributed by atoms with van der Waals surface area (Å²) in [4.78, 5) is 40.4. The first-order chi connectivity index (χ1) is 25.7. The summed E-state index contributed by atoms with van der Waals surface area (Å²) in [5.74, 6) is 4.33. The monoisotopic (exact) mass is 717 g/mol. The van der Waals surface area contributed by atoms with Gasteiger partial charge in [-0.1, -0.05) is 97.1 Å². The van der Waals surface area contributed by atoms with Crippen LogP contribution in [0.5, 0.6) is 0 Å². The maximum absolute atomic E-state index is 5.16. The summed E-state index contributed by atoms with van der Waals surface area (Å²) < 4.78 is 0. The molecule has 0 saturated carbocycles. The van der Waals surface area contributed by atoms with Crippen molar-refractivity contribution in [1.82, 2.24) is 0 Å². The second-order valence-electron chi connectivity index (χ2n) is 13.3. The molecule has 0 saturated heterocycles. The molecule has 1 radical (unpaired) electrons. The first-order valence-electron chi connectivity index (χ1n) is 17.1. The van der Waals surface area contributed by atoms with Crippen molar-refractivity contribution in [3.8, 4) is 0 Å². The van der Waals surface area contributed by atoms with Gasteiger partial charge < -0.3 is 0 Å². The van der Waals surface area contributed by atoms with E-state index in [1.54, 1.807) is 0 Å². The molecule has 12 rings (SSSR count). The topological polar surface area (TPSA) is 98.9 Å². The predicted molar refractivity (Wildman–Crippen MR) is 211 cm³/mol. The molecule has 0 N–H and O–H groups in total. The van der Waals surface area contributed by atoms with Crippen molar-refractivity contribution in [2.24, 2.45) is 39.9 Å². The molecule has 8 nitrogen and oxygen atoms in total. The summed E-state index contributed by atoms with van der Waals surface area (Å²) in [6, 6.07) is 45.9. The van der Waals surface area contributed by atoms with Gasteiger partial charge in [0.25, 0.3) is 0 Å². The maximum Gasteiger partial charge on any atom is 0.164 e. The van der Waals surface area contributed by atoms with Crippen LogP contribution in [0.2, 0.25) is 0 Å².